The van der Waals surface area contributed by atoms with E-state index < -0.39 is 0 Å². The van der Waals surface area contributed by atoms with Crippen LogP contribution >= 0.6 is 15.9 Å². The highest BCUT2D eigenvalue weighted by molar-refractivity contribution is 9.10. The lowest BCUT2D eigenvalue weighted by Crippen LogP contribution is -2.60. The maximum atomic E-state index is 13.1. The maximum Gasteiger partial charge on any atom is 0.312 e. The minimum Gasteiger partial charge on any atom is -0.455 e. The zero-order chi connectivity index (χ0) is 19.1. The van der Waals surface area contributed by atoms with Gasteiger partial charge >= 0.3 is 5.97 Å². The fourth-order valence-electron chi connectivity index (χ4n) is 9.27. The standard InChI is InChI=1S/C23H32BrNO3/c24-22-7-17-4-18(8-22)6-21(5-17,13-22)20(27)28-12-19(26)25-23-9-14-1-15(10-23)3-16(2-14)11-23/h14-18H,1-13H2,(H,25,26)/t14?,15?,16?,17-,18-,21?,22?,23?/m0/s1. The molecule has 8 aliphatic rings. The van der Waals surface area contributed by atoms with E-state index in [1.807, 2.05) is 0 Å². The van der Waals surface area contributed by atoms with Gasteiger partial charge in [0.15, 0.2) is 6.61 Å². The quantitative estimate of drug-likeness (QED) is 0.512. The van der Waals surface area contributed by atoms with Crippen molar-refractivity contribution in [2.75, 3.05) is 6.61 Å². The van der Waals surface area contributed by atoms with Gasteiger partial charge < -0.3 is 10.1 Å². The van der Waals surface area contributed by atoms with Crippen molar-refractivity contribution in [1.29, 1.82) is 0 Å². The molecule has 0 aromatic heterocycles. The first-order valence-electron chi connectivity index (χ1n) is 11.5. The number of hydrogen-bond acceptors (Lipinski definition) is 3. The lowest BCUT2D eigenvalue weighted by Gasteiger charge is -2.58. The Morgan fingerprint density at radius 1 is 0.821 bits per heavy atom. The van der Waals surface area contributed by atoms with Crippen LogP contribution in [0.15, 0.2) is 0 Å². The molecule has 0 unspecified atom stereocenters. The highest BCUT2D eigenvalue weighted by Crippen LogP contribution is 2.64. The lowest BCUT2D eigenvalue weighted by atomic mass is 9.49. The summed E-state index contributed by atoms with van der Waals surface area (Å²) in [5.74, 6) is 3.52. The molecule has 8 aliphatic carbocycles. The van der Waals surface area contributed by atoms with Gasteiger partial charge in [0.25, 0.3) is 5.91 Å². The zero-order valence-electron chi connectivity index (χ0n) is 16.7. The van der Waals surface area contributed by atoms with Gasteiger partial charge in [-0.2, -0.15) is 0 Å². The first kappa shape index (κ1) is 18.2. The molecule has 8 saturated carbocycles. The van der Waals surface area contributed by atoms with Crippen molar-refractivity contribution < 1.29 is 14.3 Å². The molecule has 0 aliphatic heterocycles. The van der Waals surface area contributed by atoms with Crippen LogP contribution in [-0.4, -0.2) is 28.3 Å². The summed E-state index contributed by atoms with van der Waals surface area (Å²) in [4.78, 5) is 25.8. The molecule has 0 saturated heterocycles. The number of rotatable bonds is 4. The second-order valence-corrected chi connectivity index (χ2v) is 13.4. The van der Waals surface area contributed by atoms with E-state index in [1.54, 1.807) is 0 Å². The number of nitrogens with one attached hydrogen (secondary N) is 1. The van der Waals surface area contributed by atoms with Crippen molar-refractivity contribution in [1.82, 2.24) is 5.32 Å². The normalized spacial score (nSPS) is 52.7. The van der Waals surface area contributed by atoms with Crippen LogP contribution in [0.4, 0.5) is 0 Å². The molecular formula is C23H32BrNO3. The van der Waals surface area contributed by atoms with Gasteiger partial charge in [0.1, 0.15) is 0 Å². The number of alkyl halides is 1. The minimum absolute atomic E-state index is 0.00115. The van der Waals surface area contributed by atoms with Crippen LogP contribution in [0.2, 0.25) is 0 Å². The van der Waals surface area contributed by atoms with Crippen LogP contribution in [0.3, 0.4) is 0 Å². The van der Waals surface area contributed by atoms with Gasteiger partial charge in [-0.25, -0.2) is 0 Å². The van der Waals surface area contributed by atoms with Gasteiger partial charge in [0.2, 0.25) is 0 Å². The summed E-state index contributed by atoms with van der Waals surface area (Å²) >= 11 is 3.96. The molecule has 4 nitrogen and oxygen atoms in total. The third-order valence-corrected chi connectivity index (χ3v) is 10.1. The zero-order valence-corrected chi connectivity index (χ0v) is 18.3. The molecule has 0 heterocycles. The molecule has 8 fully saturated rings. The molecule has 2 atom stereocenters. The number of carbonyl (C=O) groups excluding carboxylic acids is 2. The van der Waals surface area contributed by atoms with Gasteiger partial charge in [-0.3, -0.25) is 9.59 Å². The Labute approximate surface area is 176 Å². The van der Waals surface area contributed by atoms with Crippen molar-refractivity contribution in [2.45, 2.75) is 86.9 Å². The number of halogens is 1. The van der Waals surface area contributed by atoms with Gasteiger partial charge in [0.05, 0.1) is 5.41 Å². The topological polar surface area (TPSA) is 55.4 Å². The fraction of sp³-hybridized carbons (Fsp3) is 0.913. The van der Waals surface area contributed by atoms with Crippen LogP contribution in [0.25, 0.3) is 0 Å². The molecule has 0 aromatic carbocycles. The average molecular weight is 450 g/mol. The Morgan fingerprint density at radius 3 is 1.89 bits per heavy atom. The van der Waals surface area contributed by atoms with Gasteiger partial charge in [0, 0.05) is 9.86 Å². The SMILES string of the molecule is O=C(COC(=O)C12C[C@@H]3C[C@H](CC(Br)(C3)C1)C2)NC12CC3CC(CC(C3)C1)C2. The third kappa shape index (κ3) is 2.89. The summed E-state index contributed by atoms with van der Waals surface area (Å²) in [7, 11) is 0. The Bertz CT molecular complexity index is 669. The van der Waals surface area contributed by atoms with E-state index >= 15 is 0 Å². The highest BCUT2D eigenvalue weighted by atomic mass is 79.9. The Kier molecular flexibility index (Phi) is 3.89. The smallest absolute Gasteiger partial charge is 0.312 e. The summed E-state index contributed by atoms with van der Waals surface area (Å²) in [5, 5.41) is 3.34. The Morgan fingerprint density at radius 2 is 1.36 bits per heavy atom. The van der Waals surface area contributed by atoms with E-state index in [4.69, 9.17) is 4.74 Å². The summed E-state index contributed by atoms with van der Waals surface area (Å²) in [6, 6.07) is 0. The minimum atomic E-state index is -0.339. The number of carbonyl (C=O) groups is 2. The van der Waals surface area contributed by atoms with Crippen molar-refractivity contribution >= 4 is 27.8 Å². The van der Waals surface area contributed by atoms with Crippen LogP contribution in [-0.2, 0) is 14.3 Å². The summed E-state index contributed by atoms with van der Waals surface area (Å²) < 4.78 is 5.81. The van der Waals surface area contributed by atoms with Gasteiger partial charge in [-0.05, 0) is 107 Å². The summed E-state index contributed by atoms with van der Waals surface area (Å²) in [5.41, 5.74) is -0.340. The molecular weight excluding hydrogens is 418 g/mol. The molecule has 1 amide bonds. The van der Waals surface area contributed by atoms with E-state index in [0.29, 0.717) is 11.8 Å². The third-order valence-electron chi connectivity index (χ3n) is 9.20. The molecule has 0 radical (unpaired) electrons. The molecule has 8 rings (SSSR count). The molecule has 154 valence electrons. The second kappa shape index (κ2) is 5.98. The Hall–Kier alpha value is -0.580. The first-order chi connectivity index (χ1) is 13.3. The van der Waals surface area contributed by atoms with Gasteiger partial charge in [-0.1, -0.05) is 15.9 Å². The molecule has 28 heavy (non-hydrogen) atoms. The van der Waals surface area contributed by atoms with Crippen molar-refractivity contribution in [3.05, 3.63) is 0 Å². The number of esters is 1. The van der Waals surface area contributed by atoms with E-state index in [0.717, 1.165) is 56.3 Å². The van der Waals surface area contributed by atoms with Crippen molar-refractivity contribution in [2.24, 2.45) is 35.0 Å². The summed E-state index contributed by atoms with van der Waals surface area (Å²) in [6.45, 7) is -0.0903. The molecule has 5 heteroatoms. The van der Waals surface area contributed by atoms with Crippen LogP contribution in [0.5, 0.6) is 0 Å². The van der Waals surface area contributed by atoms with Crippen LogP contribution in [0.1, 0.15) is 77.0 Å². The van der Waals surface area contributed by atoms with Gasteiger partial charge in [-0.15, -0.1) is 0 Å². The highest BCUT2D eigenvalue weighted by Gasteiger charge is 2.60. The first-order valence-corrected chi connectivity index (χ1v) is 12.3. The fourth-order valence-corrected chi connectivity index (χ4v) is 10.7. The predicted molar refractivity (Wildman–Crippen MR) is 109 cm³/mol. The maximum absolute atomic E-state index is 13.1. The van der Waals surface area contributed by atoms with E-state index in [1.165, 1.54) is 38.5 Å². The largest absolute Gasteiger partial charge is 0.455 e. The predicted octanol–water partition coefficient (Wildman–Crippen LogP) is 4.35. The van der Waals surface area contributed by atoms with Crippen LogP contribution < -0.4 is 5.32 Å². The molecule has 1 N–H and O–H groups in total. The van der Waals surface area contributed by atoms with Crippen molar-refractivity contribution in [3.8, 4) is 0 Å². The Balaban J connectivity index is 1.09. The van der Waals surface area contributed by atoms with Crippen LogP contribution in [0, 0.1) is 35.0 Å². The van der Waals surface area contributed by atoms with E-state index in [-0.39, 0.29) is 33.8 Å². The molecule has 8 bridgehead atoms. The molecule has 0 aromatic rings. The number of hydrogen-bond donors (Lipinski definition) is 1. The second-order valence-electron chi connectivity index (χ2n) is 11.7. The number of amides is 1. The monoisotopic (exact) mass is 449 g/mol. The van der Waals surface area contributed by atoms with E-state index in [9.17, 15) is 9.59 Å². The summed E-state index contributed by atoms with van der Waals surface area (Å²) in [6.07, 6.45) is 14.0. The average Bonchev–Trinajstić information content (AvgIpc) is 2.55. The lowest BCUT2D eigenvalue weighted by molar-refractivity contribution is -0.171. The number of ether oxygens (including phenoxy) is 1. The molecule has 0 spiro atoms. The van der Waals surface area contributed by atoms with Crippen molar-refractivity contribution in [3.63, 3.8) is 0 Å². The van der Waals surface area contributed by atoms with E-state index in [2.05, 4.69) is 21.2 Å².